The number of rotatable bonds is 3. The fraction of sp³-hybridized carbons (Fsp3) is 0.0179. The maximum Gasteiger partial charge on any atom is 0.145 e. The molecule has 13 rings (SSSR count). The summed E-state index contributed by atoms with van der Waals surface area (Å²) in [7, 11) is 0. The van der Waals surface area contributed by atoms with Gasteiger partial charge in [0.25, 0.3) is 0 Å². The summed E-state index contributed by atoms with van der Waals surface area (Å²) in [5.74, 6) is 0.935. The van der Waals surface area contributed by atoms with Crippen molar-refractivity contribution in [1.82, 2.24) is 9.55 Å². The van der Waals surface area contributed by atoms with Crippen LogP contribution < -0.4 is 0 Å². The average molecular weight is 735 g/mol. The monoisotopic (exact) mass is 734 g/mol. The third-order valence-electron chi connectivity index (χ3n) is 13.0. The lowest BCUT2D eigenvalue weighted by Crippen LogP contribution is -2.26. The van der Waals surface area contributed by atoms with Gasteiger partial charge in [0.1, 0.15) is 5.82 Å². The zero-order chi connectivity index (χ0) is 38.0. The van der Waals surface area contributed by atoms with Crippen molar-refractivity contribution in [1.29, 1.82) is 0 Å². The molecule has 10 aromatic carbocycles. The van der Waals surface area contributed by atoms with Gasteiger partial charge in [0, 0.05) is 11.3 Å². The van der Waals surface area contributed by atoms with E-state index in [9.17, 15) is 0 Å². The molecule has 11 aromatic rings. The average Bonchev–Trinajstić information content (AvgIpc) is 3.94. The number of aromatic nitrogens is 2. The normalized spacial score (nSPS) is 13.3. The van der Waals surface area contributed by atoms with E-state index in [2.05, 4.69) is 211 Å². The highest BCUT2D eigenvalue weighted by Crippen LogP contribution is 2.67. The number of benzene rings is 10. The lowest BCUT2D eigenvalue weighted by molar-refractivity contribution is 0.803. The molecule has 1 heterocycles. The SMILES string of the molecule is c1ccc(-n2c(-c3ccc(-c4cc5c(c6ccccc46)-c4c(c6ccccc6c6ccccc46)C54c5ccccc5-c5ccccc54)cc3)nc3ccccc32)cc1. The van der Waals surface area contributed by atoms with Crippen molar-refractivity contribution in [3.63, 3.8) is 0 Å². The van der Waals surface area contributed by atoms with Crippen LogP contribution >= 0.6 is 0 Å². The number of imidazole rings is 1. The Balaban J connectivity index is 1.12. The Bertz CT molecular complexity index is 3450. The molecule has 268 valence electrons. The molecule has 2 nitrogen and oxygen atoms in total. The van der Waals surface area contributed by atoms with Gasteiger partial charge < -0.3 is 0 Å². The van der Waals surface area contributed by atoms with Crippen LogP contribution in [0, 0.1) is 0 Å². The molecule has 58 heavy (non-hydrogen) atoms. The van der Waals surface area contributed by atoms with Crippen LogP contribution in [0.4, 0.5) is 0 Å². The Morgan fingerprint density at radius 3 is 1.59 bits per heavy atom. The molecule has 0 unspecified atom stereocenters. The van der Waals surface area contributed by atoms with Crippen LogP contribution in [0.15, 0.2) is 206 Å². The van der Waals surface area contributed by atoms with Gasteiger partial charge in [0.15, 0.2) is 0 Å². The van der Waals surface area contributed by atoms with E-state index in [0.29, 0.717) is 0 Å². The topological polar surface area (TPSA) is 17.8 Å². The third kappa shape index (κ3) is 4.03. The number of nitrogens with zero attached hydrogens (tertiary/aromatic N) is 2. The van der Waals surface area contributed by atoms with Gasteiger partial charge in [-0.3, -0.25) is 4.57 Å². The minimum absolute atomic E-state index is 0.513. The van der Waals surface area contributed by atoms with Crippen molar-refractivity contribution in [3.8, 4) is 50.5 Å². The molecule has 0 aliphatic heterocycles. The number of hydrogen-bond donors (Lipinski definition) is 0. The Morgan fingerprint density at radius 2 is 0.879 bits per heavy atom. The van der Waals surface area contributed by atoms with Gasteiger partial charge in [0.2, 0.25) is 0 Å². The number of para-hydroxylation sites is 3. The molecule has 0 bridgehead atoms. The first-order valence-electron chi connectivity index (χ1n) is 20.1. The van der Waals surface area contributed by atoms with Crippen LogP contribution in [0.2, 0.25) is 0 Å². The molecule has 0 N–H and O–H groups in total. The second-order valence-corrected chi connectivity index (χ2v) is 15.7. The zero-order valence-corrected chi connectivity index (χ0v) is 31.5. The van der Waals surface area contributed by atoms with Gasteiger partial charge in [-0.05, 0) is 118 Å². The van der Waals surface area contributed by atoms with Gasteiger partial charge in [-0.25, -0.2) is 4.98 Å². The summed E-state index contributed by atoms with van der Waals surface area (Å²) < 4.78 is 2.28. The van der Waals surface area contributed by atoms with Gasteiger partial charge >= 0.3 is 0 Å². The second-order valence-electron chi connectivity index (χ2n) is 15.7. The third-order valence-corrected chi connectivity index (χ3v) is 13.0. The summed E-state index contributed by atoms with van der Waals surface area (Å²) in [4.78, 5) is 5.19. The van der Waals surface area contributed by atoms with Crippen LogP contribution in [-0.4, -0.2) is 9.55 Å². The van der Waals surface area contributed by atoms with Gasteiger partial charge in [-0.1, -0.05) is 176 Å². The molecule has 0 saturated carbocycles. The first-order valence-corrected chi connectivity index (χ1v) is 20.1. The predicted molar refractivity (Wildman–Crippen MR) is 241 cm³/mol. The van der Waals surface area contributed by atoms with Crippen molar-refractivity contribution >= 4 is 43.4 Å². The summed E-state index contributed by atoms with van der Waals surface area (Å²) in [5.41, 5.74) is 17.0. The molecule has 0 atom stereocenters. The molecular formula is C56H34N2. The van der Waals surface area contributed by atoms with E-state index >= 15 is 0 Å². The quantitative estimate of drug-likeness (QED) is 0.165. The van der Waals surface area contributed by atoms with Crippen LogP contribution in [0.25, 0.3) is 93.8 Å². The van der Waals surface area contributed by atoms with Crippen molar-refractivity contribution in [2.75, 3.05) is 0 Å². The molecule has 0 fully saturated rings. The predicted octanol–water partition coefficient (Wildman–Crippen LogP) is 14.2. The van der Waals surface area contributed by atoms with Crippen LogP contribution in [-0.2, 0) is 5.41 Å². The molecule has 2 aliphatic carbocycles. The van der Waals surface area contributed by atoms with E-state index in [1.54, 1.807) is 0 Å². The summed E-state index contributed by atoms with van der Waals surface area (Å²) in [6.45, 7) is 0. The minimum atomic E-state index is -0.513. The first-order chi connectivity index (χ1) is 28.8. The number of fused-ring (bicyclic) bond motifs is 18. The van der Waals surface area contributed by atoms with Crippen molar-refractivity contribution in [2.45, 2.75) is 5.41 Å². The fourth-order valence-electron chi connectivity index (χ4n) is 10.8. The standard InChI is InChI=1S/C56H34N2/c1-2-16-37(17-3-1)58-51-29-15-14-28-50(51)57-55(58)36-32-30-35(31-33-36)46-34-49-52(43-23-7-5-20-40(43)46)53-44-24-8-4-18-38(44)39-19-6-9-25-45(39)54(53)56(49)47-26-12-10-21-41(47)42-22-11-13-27-48(42)56/h1-34H. The van der Waals surface area contributed by atoms with Crippen LogP contribution in [0.1, 0.15) is 22.3 Å². The number of hydrogen-bond acceptors (Lipinski definition) is 1. The largest absolute Gasteiger partial charge is 0.292 e. The Morgan fingerprint density at radius 1 is 0.362 bits per heavy atom. The molecule has 2 aliphatic rings. The van der Waals surface area contributed by atoms with E-state index in [4.69, 9.17) is 4.98 Å². The van der Waals surface area contributed by atoms with Crippen molar-refractivity contribution in [3.05, 3.63) is 229 Å². The highest BCUT2D eigenvalue weighted by molar-refractivity contribution is 6.24. The maximum atomic E-state index is 5.19. The van der Waals surface area contributed by atoms with Crippen LogP contribution in [0.5, 0.6) is 0 Å². The summed E-state index contributed by atoms with van der Waals surface area (Å²) in [5, 5.41) is 7.75. The van der Waals surface area contributed by atoms with E-state index in [1.807, 2.05) is 0 Å². The molecule has 0 amide bonds. The summed E-state index contributed by atoms with van der Waals surface area (Å²) in [6.07, 6.45) is 0. The van der Waals surface area contributed by atoms with E-state index in [-0.39, 0.29) is 0 Å². The first kappa shape index (κ1) is 31.6. The van der Waals surface area contributed by atoms with Crippen molar-refractivity contribution in [2.24, 2.45) is 0 Å². The Hall–Kier alpha value is -7.55. The van der Waals surface area contributed by atoms with E-state index in [0.717, 1.165) is 28.1 Å². The summed E-state index contributed by atoms with van der Waals surface area (Å²) >= 11 is 0. The van der Waals surface area contributed by atoms with Gasteiger partial charge in [0.05, 0.1) is 16.4 Å². The molecular weight excluding hydrogens is 701 g/mol. The highest BCUT2D eigenvalue weighted by Gasteiger charge is 2.53. The van der Waals surface area contributed by atoms with E-state index in [1.165, 1.54) is 88.0 Å². The van der Waals surface area contributed by atoms with Crippen molar-refractivity contribution < 1.29 is 0 Å². The summed E-state index contributed by atoms with van der Waals surface area (Å²) in [6, 6.07) is 76.1. The maximum absolute atomic E-state index is 5.19. The highest BCUT2D eigenvalue weighted by atomic mass is 15.1. The lowest BCUT2D eigenvalue weighted by atomic mass is 9.68. The zero-order valence-electron chi connectivity index (χ0n) is 31.5. The second kappa shape index (κ2) is 11.7. The van der Waals surface area contributed by atoms with E-state index < -0.39 is 5.41 Å². The van der Waals surface area contributed by atoms with Crippen LogP contribution in [0.3, 0.4) is 0 Å². The lowest BCUT2D eigenvalue weighted by Gasteiger charge is -2.32. The van der Waals surface area contributed by atoms with Gasteiger partial charge in [-0.2, -0.15) is 0 Å². The minimum Gasteiger partial charge on any atom is -0.292 e. The molecule has 1 spiro atoms. The smallest absolute Gasteiger partial charge is 0.145 e. The molecule has 1 aromatic heterocycles. The fourth-order valence-corrected chi connectivity index (χ4v) is 10.8. The van der Waals surface area contributed by atoms with Gasteiger partial charge in [-0.15, -0.1) is 0 Å². The molecule has 0 radical (unpaired) electrons. The Labute approximate surface area is 335 Å². The Kier molecular flexibility index (Phi) is 6.40. The molecule has 0 saturated heterocycles. The molecule has 2 heteroatoms.